The van der Waals surface area contributed by atoms with Gasteiger partial charge in [-0.3, -0.25) is 0 Å². The van der Waals surface area contributed by atoms with Crippen LogP contribution in [0.2, 0.25) is 0 Å². The number of amides is 1. The minimum atomic E-state index is -0.717. The van der Waals surface area contributed by atoms with E-state index in [9.17, 15) is 9.59 Å². The van der Waals surface area contributed by atoms with E-state index in [4.69, 9.17) is 4.74 Å². The molecule has 4 nitrogen and oxygen atoms in total. The average Bonchev–Trinajstić information content (AvgIpc) is 2.21. The second kappa shape index (κ2) is 6.19. The van der Waals surface area contributed by atoms with Crippen molar-refractivity contribution in [2.24, 2.45) is 0 Å². The van der Waals surface area contributed by atoms with Crippen molar-refractivity contribution in [3.63, 3.8) is 0 Å². The number of rotatable bonds is 3. The van der Waals surface area contributed by atoms with Gasteiger partial charge in [-0.05, 0) is 51.0 Å². The first-order valence-electron chi connectivity index (χ1n) is 5.93. The second-order valence-corrected chi connectivity index (χ2v) is 6.24. The maximum atomic E-state index is 11.7. The fourth-order valence-corrected chi connectivity index (χ4v) is 2.20. The van der Waals surface area contributed by atoms with Crippen LogP contribution in [0.1, 0.15) is 37.9 Å². The maximum Gasteiger partial charge on any atom is 0.408 e. The van der Waals surface area contributed by atoms with E-state index in [2.05, 4.69) is 21.2 Å². The molecule has 5 heteroatoms. The van der Waals surface area contributed by atoms with Crippen LogP contribution in [-0.4, -0.2) is 18.0 Å². The molecule has 1 aromatic rings. The lowest BCUT2D eigenvalue weighted by Gasteiger charge is -2.21. The smallest absolute Gasteiger partial charge is 0.408 e. The third-order valence-corrected chi connectivity index (χ3v) is 2.69. The summed E-state index contributed by atoms with van der Waals surface area (Å²) in [6.45, 7) is 7.23. The van der Waals surface area contributed by atoms with Crippen molar-refractivity contribution >= 4 is 28.3 Å². The van der Waals surface area contributed by atoms with E-state index >= 15 is 0 Å². The van der Waals surface area contributed by atoms with Crippen LogP contribution in [0.5, 0.6) is 0 Å². The standard InChI is InChI=1S/C14H18BrNO3/c1-9-5-10(7-11(15)6-9)12(8-17)16-13(18)19-14(2,3)4/h5-8,12H,1-4H3,(H,16,18). The van der Waals surface area contributed by atoms with Gasteiger partial charge in [0.05, 0.1) is 0 Å². The Hall–Kier alpha value is -1.36. The van der Waals surface area contributed by atoms with E-state index in [0.717, 1.165) is 10.0 Å². The van der Waals surface area contributed by atoms with Gasteiger partial charge in [0, 0.05) is 4.47 Å². The van der Waals surface area contributed by atoms with E-state index in [1.165, 1.54) is 0 Å². The van der Waals surface area contributed by atoms with Crippen molar-refractivity contribution in [2.75, 3.05) is 0 Å². The molecule has 0 spiro atoms. The molecule has 0 saturated heterocycles. The normalized spacial score (nSPS) is 12.7. The Morgan fingerprint density at radius 2 is 2.00 bits per heavy atom. The van der Waals surface area contributed by atoms with Gasteiger partial charge < -0.3 is 14.8 Å². The minimum absolute atomic E-state index is 0.593. The van der Waals surface area contributed by atoms with Crippen molar-refractivity contribution in [1.29, 1.82) is 0 Å². The van der Waals surface area contributed by atoms with Gasteiger partial charge in [0.25, 0.3) is 0 Å². The van der Waals surface area contributed by atoms with Crippen molar-refractivity contribution < 1.29 is 14.3 Å². The van der Waals surface area contributed by atoms with Gasteiger partial charge in [0.1, 0.15) is 17.9 Å². The first-order valence-corrected chi connectivity index (χ1v) is 6.72. The number of aryl methyl sites for hydroxylation is 1. The van der Waals surface area contributed by atoms with Crippen LogP contribution in [0.4, 0.5) is 4.79 Å². The van der Waals surface area contributed by atoms with Crippen LogP contribution in [0.25, 0.3) is 0 Å². The molecule has 0 aliphatic rings. The summed E-state index contributed by atoms with van der Waals surface area (Å²) < 4.78 is 5.99. The first-order chi connectivity index (χ1) is 8.71. The third kappa shape index (κ3) is 5.42. The van der Waals surface area contributed by atoms with Gasteiger partial charge in [-0.2, -0.15) is 0 Å². The number of ether oxygens (including phenoxy) is 1. The van der Waals surface area contributed by atoms with E-state index in [-0.39, 0.29) is 0 Å². The number of hydrogen-bond donors (Lipinski definition) is 1. The summed E-state index contributed by atoms with van der Waals surface area (Å²) >= 11 is 3.37. The fourth-order valence-electron chi connectivity index (χ4n) is 1.57. The first kappa shape index (κ1) is 15.7. The van der Waals surface area contributed by atoms with Crippen molar-refractivity contribution in [3.8, 4) is 0 Å². The largest absolute Gasteiger partial charge is 0.444 e. The molecule has 1 aromatic carbocycles. The molecule has 19 heavy (non-hydrogen) atoms. The summed E-state index contributed by atoms with van der Waals surface area (Å²) in [7, 11) is 0. The fraction of sp³-hybridized carbons (Fsp3) is 0.429. The summed E-state index contributed by atoms with van der Waals surface area (Å²) in [5.41, 5.74) is 1.12. The highest BCUT2D eigenvalue weighted by Crippen LogP contribution is 2.20. The number of aldehydes is 1. The Labute approximate surface area is 121 Å². The van der Waals surface area contributed by atoms with Crippen molar-refractivity contribution in [1.82, 2.24) is 5.32 Å². The highest BCUT2D eigenvalue weighted by atomic mass is 79.9. The van der Waals surface area contributed by atoms with Gasteiger partial charge in [-0.15, -0.1) is 0 Å². The topological polar surface area (TPSA) is 55.4 Å². The summed E-state index contributed by atoms with van der Waals surface area (Å²) in [5.74, 6) is 0. The monoisotopic (exact) mass is 327 g/mol. The maximum absolute atomic E-state index is 11.7. The average molecular weight is 328 g/mol. The van der Waals surface area contributed by atoms with Crippen LogP contribution in [-0.2, 0) is 9.53 Å². The predicted octanol–water partition coefficient (Wildman–Crippen LogP) is 3.52. The van der Waals surface area contributed by atoms with Gasteiger partial charge in [0.15, 0.2) is 0 Å². The molecule has 1 rings (SSSR count). The van der Waals surface area contributed by atoms with Crippen LogP contribution < -0.4 is 5.32 Å². The Balaban J connectivity index is 2.84. The van der Waals surface area contributed by atoms with Crippen LogP contribution in [0, 0.1) is 6.92 Å². The van der Waals surface area contributed by atoms with Gasteiger partial charge in [-0.1, -0.05) is 22.0 Å². The summed E-state index contributed by atoms with van der Waals surface area (Å²) in [6, 6.07) is 4.86. The summed E-state index contributed by atoms with van der Waals surface area (Å²) in [5, 5.41) is 2.54. The highest BCUT2D eigenvalue weighted by molar-refractivity contribution is 9.10. The molecule has 1 amide bonds. The van der Waals surface area contributed by atoms with Gasteiger partial charge in [0.2, 0.25) is 0 Å². The Morgan fingerprint density at radius 3 is 2.47 bits per heavy atom. The van der Waals surface area contributed by atoms with Crippen LogP contribution in [0.3, 0.4) is 0 Å². The van der Waals surface area contributed by atoms with Crippen LogP contribution in [0.15, 0.2) is 22.7 Å². The van der Waals surface area contributed by atoms with E-state index < -0.39 is 17.7 Å². The Kier molecular flexibility index (Phi) is 5.11. The zero-order valence-electron chi connectivity index (χ0n) is 11.5. The number of benzene rings is 1. The lowest BCUT2D eigenvalue weighted by molar-refractivity contribution is -0.109. The molecule has 104 valence electrons. The summed E-state index contributed by atoms with van der Waals surface area (Å²) in [4.78, 5) is 22.8. The molecule has 0 aliphatic carbocycles. The molecule has 0 aromatic heterocycles. The SMILES string of the molecule is Cc1cc(Br)cc(C(C=O)NC(=O)OC(C)(C)C)c1. The predicted molar refractivity (Wildman–Crippen MR) is 77.1 cm³/mol. The Bertz CT molecular complexity index is 460. The molecule has 1 N–H and O–H groups in total. The molecule has 0 bridgehead atoms. The molecular formula is C14H18BrNO3. The highest BCUT2D eigenvalue weighted by Gasteiger charge is 2.20. The minimum Gasteiger partial charge on any atom is -0.444 e. The number of alkyl carbamates (subject to hydrolysis) is 1. The molecule has 1 atom stereocenters. The number of carbonyl (C=O) groups excluding carboxylic acids is 2. The number of nitrogens with one attached hydrogen (secondary N) is 1. The van der Waals surface area contributed by atoms with Crippen molar-refractivity contribution in [2.45, 2.75) is 39.3 Å². The van der Waals surface area contributed by atoms with Gasteiger partial charge in [-0.25, -0.2) is 4.79 Å². The zero-order valence-corrected chi connectivity index (χ0v) is 13.1. The molecule has 0 radical (unpaired) electrons. The molecule has 1 unspecified atom stereocenters. The molecule has 0 aliphatic heterocycles. The molecule has 0 saturated carbocycles. The van der Waals surface area contributed by atoms with E-state index in [1.807, 2.05) is 19.1 Å². The van der Waals surface area contributed by atoms with E-state index in [0.29, 0.717) is 11.8 Å². The number of hydrogen-bond acceptors (Lipinski definition) is 3. The Morgan fingerprint density at radius 1 is 1.37 bits per heavy atom. The molecular weight excluding hydrogens is 310 g/mol. The number of carbonyl (C=O) groups is 2. The second-order valence-electron chi connectivity index (χ2n) is 5.32. The number of halogens is 1. The lowest BCUT2D eigenvalue weighted by atomic mass is 10.1. The third-order valence-electron chi connectivity index (χ3n) is 2.23. The molecule has 0 heterocycles. The van der Waals surface area contributed by atoms with Crippen molar-refractivity contribution in [3.05, 3.63) is 33.8 Å². The van der Waals surface area contributed by atoms with Gasteiger partial charge >= 0.3 is 6.09 Å². The lowest BCUT2D eigenvalue weighted by Crippen LogP contribution is -2.35. The molecule has 0 fully saturated rings. The van der Waals surface area contributed by atoms with E-state index in [1.54, 1.807) is 26.8 Å². The van der Waals surface area contributed by atoms with Crippen LogP contribution >= 0.6 is 15.9 Å². The summed E-state index contributed by atoms with van der Waals surface area (Å²) in [6.07, 6.45) is 0.0766. The quantitative estimate of drug-likeness (QED) is 0.864. The zero-order chi connectivity index (χ0) is 14.6.